The normalized spacial score (nSPS) is 19.6. The fourth-order valence-electron chi connectivity index (χ4n) is 1.76. The largest absolute Gasteiger partial charge is 0.443 e. The highest BCUT2D eigenvalue weighted by Gasteiger charge is 2.47. The Kier molecular flexibility index (Phi) is 5.32. The molecule has 1 aliphatic rings. The summed E-state index contributed by atoms with van der Waals surface area (Å²) in [6.45, 7) is 6.67. The number of hydrogen-bond acceptors (Lipinski definition) is 6. The molecule has 0 spiro atoms. The Morgan fingerprint density at radius 1 is 1.20 bits per heavy atom. The smallest absolute Gasteiger partial charge is 0.418 e. The Morgan fingerprint density at radius 2 is 1.70 bits per heavy atom. The zero-order valence-corrected chi connectivity index (χ0v) is 14.1. The first-order chi connectivity index (χ1) is 9.14. The van der Waals surface area contributed by atoms with Crippen LogP contribution in [0.5, 0.6) is 0 Å². The van der Waals surface area contributed by atoms with Crippen LogP contribution in [0.15, 0.2) is 9.81 Å². The van der Waals surface area contributed by atoms with Crippen molar-refractivity contribution < 1.29 is 19.1 Å². The quantitative estimate of drug-likeness (QED) is 0.576. The van der Waals surface area contributed by atoms with Crippen LogP contribution in [-0.2, 0) is 14.3 Å². The van der Waals surface area contributed by atoms with Crippen molar-refractivity contribution in [2.45, 2.75) is 39.3 Å². The second-order valence-electron chi connectivity index (χ2n) is 5.27. The SMILES string of the molecule is CSC(SC)=C1C(=O)C(C)N(C(=O)OC(C)(C)C)C1=O. The molecule has 0 bridgehead atoms. The standard InChI is InChI=1S/C13H19NO4S2/c1-7-9(15)8(11(19-5)20-6)10(16)14(7)12(17)18-13(2,3)4/h7H,1-6H3. The molecule has 1 atom stereocenters. The summed E-state index contributed by atoms with van der Waals surface area (Å²) in [5.41, 5.74) is -0.627. The van der Waals surface area contributed by atoms with Crippen LogP contribution in [0.25, 0.3) is 0 Å². The number of rotatable bonds is 2. The highest BCUT2D eigenvalue weighted by Crippen LogP contribution is 2.34. The third kappa shape index (κ3) is 3.38. The van der Waals surface area contributed by atoms with Gasteiger partial charge in [0.2, 0.25) is 0 Å². The van der Waals surface area contributed by atoms with Crippen molar-refractivity contribution in [3.05, 3.63) is 9.81 Å². The predicted molar refractivity (Wildman–Crippen MR) is 81.6 cm³/mol. The molecule has 1 saturated heterocycles. The topological polar surface area (TPSA) is 63.7 Å². The summed E-state index contributed by atoms with van der Waals surface area (Å²) in [5.74, 6) is -0.907. The summed E-state index contributed by atoms with van der Waals surface area (Å²) in [7, 11) is 0. The zero-order valence-electron chi connectivity index (χ0n) is 12.5. The van der Waals surface area contributed by atoms with Gasteiger partial charge in [0.05, 0.1) is 4.24 Å². The van der Waals surface area contributed by atoms with Crippen molar-refractivity contribution in [2.24, 2.45) is 0 Å². The lowest BCUT2D eigenvalue weighted by Gasteiger charge is -2.24. The van der Waals surface area contributed by atoms with Crippen LogP contribution >= 0.6 is 23.5 Å². The number of Topliss-reactive ketones (excluding diaryl/α,β-unsaturated/α-hetero) is 1. The molecule has 0 aliphatic carbocycles. The number of likely N-dealkylation sites (tertiary alicyclic amines) is 1. The number of carbonyl (C=O) groups excluding carboxylic acids is 3. The van der Waals surface area contributed by atoms with E-state index in [1.807, 2.05) is 0 Å². The first-order valence-electron chi connectivity index (χ1n) is 6.07. The second kappa shape index (κ2) is 6.22. The molecule has 0 aromatic carbocycles. The monoisotopic (exact) mass is 317 g/mol. The van der Waals surface area contributed by atoms with Gasteiger partial charge >= 0.3 is 6.09 Å². The summed E-state index contributed by atoms with van der Waals surface area (Å²) in [6.07, 6.45) is 2.81. The third-order valence-corrected chi connectivity index (χ3v) is 4.76. The number of amides is 2. The van der Waals surface area contributed by atoms with E-state index >= 15 is 0 Å². The lowest BCUT2D eigenvalue weighted by molar-refractivity contribution is -0.125. The molecule has 2 amide bonds. The zero-order chi connectivity index (χ0) is 15.7. The minimum Gasteiger partial charge on any atom is -0.443 e. The Hall–Kier alpha value is -0.950. The van der Waals surface area contributed by atoms with Gasteiger partial charge < -0.3 is 4.74 Å². The number of nitrogens with zero attached hydrogens (tertiary/aromatic N) is 1. The van der Waals surface area contributed by atoms with E-state index in [0.717, 1.165) is 4.90 Å². The molecule has 5 nitrogen and oxygen atoms in total. The minimum absolute atomic E-state index is 0.0864. The first-order valence-corrected chi connectivity index (χ1v) is 8.52. The van der Waals surface area contributed by atoms with E-state index in [9.17, 15) is 14.4 Å². The van der Waals surface area contributed by atoms with Crippen molar-refractivity contribution >= 4 is 41.3 Å². The van der Waals surface area contributed by atoms with Gasteiger partial charge in [0.25, 0.3) is 5.91 Å². The van der Waals surface area contributed by atoms with Gasteiger partial charge in [0, 0.05) is 0 Å². The van der Waals surface area contributed by atoms with Crippen LogP contribution in [0, 0.1) is 0 Å². The van der Waals surface area contributed by atoms with Gasteiger partial charge in [-0.3, -0.25) is 9.59 Å². The summed E-state index contributed by atoms with van der Waals surface area (Å²) >= 11 is 2.65. The molecule has 0 aromatic rings. The van der Waals surface area contributed by atoms with E-state index in [0.29, 0.717) is 4.24 Å². The Balaban J connectivity index is 3.14. The predicted octanol–water partition coefficient (Wildman–Crippen LogP) is 2.66. The molecule has 7 heteroatoms. The van der Waals surface area contributed by atoms with Crippen LogP contribution in [0.2, 0.25) is 0 Å². The summed E-state index contributed by atoms with van der Waals surface area (Å²) in [6, 6.07) is -0.818. The summed E-state index contributed by atoms with van der Waals surface area (Å²) in [4.78, 5) is 37.5. The maximum absolute atomic E-state index is 12.3. The van der Waals surface area contributed by atoms with Gasteiger partial charge in [0.15, 0.2) is 5.78 Å². The molecule has 1 unspecified atom stereocenters. The van der Waals surface area contributed by atoms with E-state index in [-0.39, 0.29) is 11.4 Å². The average molecular weight is 317 g/mol. The number of ketones is 1. The van der Waals surface area contributed by atoms with Crippen LogP contribution < -0.4 is 0 Å². The van der Waals surface area contributed by atoms with Crippen molar-refractivity contribution in [1.82, 2.24) is 4.90 Å². The number of imide groups is 1. The van der Waals surface area contributed by atoms with Crippen LogP contribution in [0.3, 0.4) is 0 Å². The Bertz CT molecular complexity index is 473. The van der Waals surface area contributed by atoms with Gasteiger partial charge in [-0.05, 0) is 40.2 Å². The number of hydrogen-bond donors (Lipinski definition) is 0. The number of thioether (sulfide) groups is 2. The minimum atomic E-state index is -0.818. The van der Waals surface area contributed by atoms with E-state index < -0.39 is 23.6 Å². The molecule has 0 aromatic heterocycles. The van der Waals surface area contributed by atoms with E-state index in [4.69, 9.17) is 4.74 Å². The Morgan fingerprint density at radius 3 is 2.10 bits per heavy atom. The first kappa shape index (κ1) is 17.1. The molecule has 1 fully saturated rings. The summed E-state index contributed by atoms with van der Waals surface area (Å²) < 4.78 is 5.81. The molecule has 0 radical (unpaired) electrons. The highest BCUT2D eigenvalue weighted by molar-refractivity contribution is 8.21. The van der Waals surface area contributed by atoms with Gasteiger partial charge in [-0.2, -0.15) is 0 Å². The lowest BCUT2D eigenvalue weighted by atomic mass is 10.2. The summed E-state index contributed by atoms with van der Waals surface area (Å²) in [5, 5.41) is 0. The molecular formula is C13H19NO4S2. The average Bonchev–Trinajstić information content (AvgIpc) is 2.52. The van der Waals surface area contributed by atoms with Gasteiger partial charge in [-0.15, -0.1) is 23.5 Å². The maximum Gasteiger partial charge on any atom is 0.418 e. The molecule has 0 N–H and O–H groups in total. The van der Waals surface area contributed by atoms with Gasteiger partial charge in [-0.1, -0.05) is 0 Å². The lowest BCUT2D eigenvalue weighted by Crippen LogP contribution is -2.42. The van der Waals surface area contributed by atoms with Crippen molar-refractivity contribution in [3.8, 4) is 0 Å². The Labute approximate surface area is 127 Å². The van der Waals surface area contributed by atoms with E-state index in [2.05, 4.69) is 0 Å². The maximum atomic E-state index is 12.3. The molecule has 1 heterocycles. The van der Waals surface area contributed by atoms with Crippen LogP contribution in [-0.4, -0.2) is 46.8 Å². The van der Waals surface area contributed by atoms with Crippen molar-refractivity contribution in [2.75, 3.05) is 12.5 Å². The highest BCUT2D eigenvalue weighted by atomic mass is 32.2. The van der Waals surface area contributed by atoms with Crippen LogP contribution in [0.1, 0.15) is 27.7 Å². The van der Waals surface area contributed by atoms with Crippen molar-refractivity contribution in [1.29, 1.82) is 0 Å². The van der Waals surface area contributed by atoms with Gasteiger partial charge in [-0.25, -0.2) is 9.69 Å². The van der Waals surface area contributed by atoms with Gasteiger partial charge in [0.1, 0.15) is 17.2 Å². The molecule has 1 aliphatic heterocycles. The molecule has 112 valence electrons. The molecular weight excluding hydrogens is 298 g/mol. The number of carbonyl (C=O) groups is 3. The van der Waals surface area contributed by atoms with E-state index in [1.165, 1.54) is 30.4 Å². The number of ether oxygens (including phenoxy) is 1. The molecule has 1 rings (SSSR count). The van der Waals surface area contributed by atoms with E-state index in [1.54, 1.807) is 33.3 Å². The second-order valence-corrected chi connectivity index (χ2v) is 7.16. The van der Waals surface area contributed by atoms with Crippen molar-refractivity contribution in [3.63, 3.8) is 0 Å². The third-order valence-electron chi connectivity index (χ3n) is 2.61. The molecule has 20 heavy (non-hydrogen) atoms. The molecule has 0 saturated carbocycles. The fourth-order valence-corrected chi connectivity index (χ4v) is 3.21. The fraction of sp³-hybridized carbons (Fsp3) is 0.615. The van der Waals surface area contributed by atoms with Crippen LogP contribution in [0.4, 0.5) is 4.79 Å².